The van der Waals surface area contributed by atoms with Crippen molar-refractivity contribution in [2.45, 2.75) is 0 Å². The Kier molecular flexibility index (Phi) is 5.07. The van der Waals surface area contributed by atoms with Gasteiger partial charge in [-0.2, -0.15) is 0 Å². The van der Waals surface area contributed by atoms with Crippen molar-refractivity contribution in [3.8, 4) is 28.1 Å². The lowest BCUT2D eigenvalue weighted by atomic mass is 10.0. The second-order valence-corrected chi connectivity index (χ2v) is 6.98. The molecule has 1 aliphatic heterocycles. The highest BCUT2D eigenvalue weighted by molar-refractivity contribution is 5.74. The van der Waals surface area contributed by atoms with E-state index in [1.165, 1.54) is 11.1 Å². The molecule has 0 atom stereocenters. The first kappa shape index (κ1) is 17.6. The Morgan fingerprint density at radius 2 is 1.48 bits per heavy atom. The molecule has 3 aromatic rings. The van der Waals surface area contributed by atoms with Crippen molar-refractivity contribution in [2.24, 2.45) is 0 Å². The SMILES string of the molecule is COc1ccc(-c2cc(-c3ccccc3)cc(N3CCN(C)CC3)n2)cc1. The molecule has 1 aliphatic rings. The lowest BCUT2D eigenvalue weighted by molar-refractivity contribution is 0.312. The average Bonchev–Trinajstić information content (AvgIpc) is 2.74. The summed E-state index contributed by atoms with van der Waals surface area (Å²) in [6, 6.07) is 23.0. The summed E-state index contributed by atoms with van der Waals surface area (Å²) >= 11 is 0. The van der Waals surface area contributed by atoms with Crippen LogP contribution in [0.4, 0.5) is 5.82 Å². The molecular formula is C23H25N3O. The molecule has 0 bridgehead atoms. The number of rotatable bonds is 4. The number of aromatic nitrogens is 1. The van der Waals surface area contributed by atoms with Gasteiger partial charge in [0.1, 0.15) is 11.6 Å². The molecule has 4 heteroatoms. The topological polar surface area (TPSA) is 28.6 Å². The minimum absolute atomic E-state index is 0.859. The summed E-state index contributed by atoms with van der Waals surface area (Å²) in [5.41, 5.74) is 4.51. The summed E-state index contributed by atoms with van der Waals surface area (Å²) < 4.78 is 5.29. The van der Waals surface area contributed by atoms with Crippen LogP contribution in [-0.4, -0.2) is 50.2 Å². The molecule has 0 N–H and O–H groups in total. The Labute approximate surface area is 161 Å². The minimum atomic E-state index is 0.859. The van der Waals surface area contributed by atoms with Gasteiger partial charge in [0.2, 0.25) is 0 Å². The Morgan fingerprint density at radius 3 is 2.15 bits per heavy atom. The molecule has 27 heavy (non-hydrogen) atoms. The number of benzene rings is 2. The average molecular weight is 359 g/mol. The third kappa shape index (κ3) is 3.96. The van der Waals surface area contributed by atoms with E-state index in [9.17, 15) is 0 Å². The molecule has 2 aromatic carbocycles. The standard InChI is InChI=1S/C23H25N3O/c1-25-12-14-26(15-13-25)23-17-20(18-6-4-3-5-7-18)16-22(24-23)19-8-10-21(27-2)11-9-19/h3-11,16-17H,12-15H2,1-2H3. The second kappa shape index (κ2) is 7.80. The van der Waals surface area contributed by atoms with Crippen LogP contribution in [0.15, 0.2) is 66.7 Å². The van der Waals surface area contributed by atoms with E-state index in [4.69, 9.17) is 9.72 Å². The van der Waals surface area contributed by atoms with Gasteiger partial charge in [0.05, 0.1) is 12.8 Å². The first-order chi connectivity index (χ1) is 13.2. The number of pyridine rings is 1. The van der Waals surface area contributed by atoms with Crippen LogP contribution in [0.2, 0.25) is 0 Å². The number of ether oxygens (including phenoxy) is 1. The summed E-state index contributed by atoms with van der Waals surface area (Å²) in [6.45, 7) is 4.14. The number of piperazine rings is 1. The molecule has 0 spiro atoms. The monoisotopic (exact) mass is 359 g/mol. The third-order valence-electron chi connectivity index (χ3n) is 5.13. The Morgan fingerprint density at radius 1 is 0.778 bits per heavy atom. The predicted molar refractivity (Wildman–Crippen MR) is 111 cm³/mol. The van der Waals surface area contributed by atoms with Crippen LogP contribution in [0.3, 0.4) is 0 Å². The predicted octanol–water partition coefficient (Wildman–Crippen LogP) is 4.18. The minimum Gasteiger partial charge on any atom is -0.497 e. The van der Waals surface area contributed by atoms with Crippen molar-refractivity contribution in [3.63, 3.8) is 0 Å². The van der Waals surface area contributed by atoms with E-state index < -0.39 is 0 Å². The lowest BCUT2D eigenvalue weighted by Gasteiger charge is -2.33. The summed E-state index contributed by atoms with van der Waals surface area (Å²) in [7, 11) is 3.86. The number of nitrogens with zero attached hydrogens (tertiary/aromatic N) is 3. The smallest absolute Gasteiger partial charge is 0.129 e. The van der Waals surface area contributed by atoms with E-state index >= 15 is 0 Å². The van der Waals surface area contributed by atoms with E-state index in [1.807, 2.05) is 12.1 Å². The number of hydrogen-bond donors (Lipinski definition) is 0. The van der Waals surface area contributed by atoms with Gasteiger partial charge in [-0.25, -0.2) is 4.98 Å². The zero-order valence-corrected chi connectivity index (χ0v) is 15.9. The van der Waals surface area contributed by atoms with Crippen LogP contribution in [0.1, 0.15) is 0 Å². The van der Waals surface area contributed by atoms with Crippen molar-refractivity contribution in [3.05, 3.63) is 66.7 Å². The molecule has 1 fully saturated rings. The molecule has 1 saturated heterocycles. The summed E-state index contributed by atoms with van der Waals surface area (Å²) in [6.07, 6.45) is 0. The van der Waals surface area contributed by atoms with Crippen molar-refractivity contribution < 1.29 is 4.74 Å². The molecule has 0 aliphatic carbocycles. The fraction of sp³-hybridized carbons (Fsp3) is 0.261. The fourth-order valence-corrected chi connectivity index (χ4v) is 3.42. The Balaban J connectivity index is 1.76. The van der Waals surface area contributed by atoms with Crippen molar-refractivity contribution in [1.29, 1.82) is 0 Å². The van der Waals surface area contributed by atoms with E-state index in [0.717, 1.165) is 49.0 Å². The third-order valence-corrected chi connectivity index (χ3v) is 5.13. The van der Waals surface area contributed by atoms with Gasteiger partial charge in [0, 0.05) is 31.7 Å². The van der Waals surface area contributed by atoms with E-state index in [0.29, 0.717) is 0 Å². The summed E-state index contributed by atoms with van der Waals surface area (Å²) in [5.74, 6) is 1.91. The highest BCUT2D eigenvalue weighted by Gasteiger charge is 2.17. The lowest BCUT2D eigenvalue weighted by Crippen LogP contribution is -2.44. The highest BCUT2D eigenvalue weighted by atomic mass is 16.5. The highest BCUT2D eigenvalue weighted by Crippen LogP contribution is 2.30. The van der Waals surface area contributed by atoms with Crippen LogP contribution >= 0.6 is 0 Å². The first-order valence-electron chi connectivity index (χ1n) is 9.38. The quantitative estimate of drug-likeness (QED) is 0.699. The Bertz CT molecular complexity index is 885. The van der Waals surface area contributed by atoms with Crippen molar-refractivity contribution in [2.75, 3.05) is 45.2 Å². The van der Waals surface area contributed by atoms with E-state index in [2.05, 4.69) is 71.4 Å². The molecule has 0 radical (unpaired) electrons. The van der Waals surface area contributed by atoms with Crippen LogP contribution in [-0.2, 0) is 0 Å². The number of anilines is 1. The molecule has 4 nitrogen and oxygen atoms in total. The van der Waals surface area contributed by atoms with Crippen LogP contribution < -0.4 is 9.64 Å². The van der Waals surface area contributed by atoms with Gasteiger partial charge in [-0.05, 0) is 54.6 Å². The largest absolute Gasteiger partial charge is 0.497 e. The summed E-state index contributed by atoms with van der Waals surface area (Å²) in [4.78, 5) is 9.75. The molecule has 138 valence electrons. The first-order valence-corrected chi connectivity index (χ1v) is 9.38. The number of hydrogen-bond acceptors (Lipinski definition) is 4. The maximum absolute atomic E-state index is 5.29. The molecule has 4 rings (SSSR count). The van der Waals surface area contributed by atoms with Crippen LogP contribution in [0.5, 0.6) is 5.75 Å². The Hall–Kier alpha value is -2.85. The van der Waals surface area contributed by atoms with Gasteiger partial charge < -0.3 is 14.5 Å². The molecule has 1 aromatic heterocycles. The van der Waals surface area contributed by atoms with Crippen molar-refractivity contribution >= 4 is 5.82 Å². The molecular weight excluding hydrogens is 334 g/mol. The van der Waals surface area contributed by atoms with Gasteiger partial charge in [0.15, 0.2) is 0 Å². The number of likely N-dealkylation sites (N-methyl/N-ethyl adjacent to an activating group) is 1. The summed E-state index contributed by atoms with van der Waals surface area (Å²) in [5, 5.41) is 0. The van der Waals surface area contributed by atoms with Gasteiger partial charge in [-0.3, -0.25) is 0 Å². The van der Waals surface area contributed by atoms with Crippen molar-refractivity contribution in [1.82, 2.24) is 9.88 Å². The maximum atomic E-state index is 5.29. The van der Waals surface area contributed by atoms with E-state index in [-0.39, 0.29) is 0 Å². The van der Waals surface area contributed by atoms with Gasteiger partial charge >= 0.3 is 0 Å². The molecule has 2 heterocycles. The van der Waals surface area contributed by atoms with Gasteiger partial charge in [-0.15, -0.1) is 0 Å². The van der Waals surface area contributed by atoms with Crippen LogP contribution in [0, 0.1) is 0 Å². The van der Waals surface area contributed by atoms with E-state index in [1.54, 1.807) is 7.11 Å². The van der Waals surface area contributed by atoms with Crippen LogP contribution in [0.25, 0.3) is 22.4 Å². The van der Waals surface area contributed by atoms with Gasteiger partial charge in [0.25, 0.3) is 0 Å². The normalized spacial score (nSPS) is 15.0. The molecule has 0 saturated carbocycles. The fourth-order valence-electron chi connectivity index (χ4n) is 3.42. The second-order valence-electron chi connectivity index (χ2n) is 6.98. The zero-order valence-electron chi connectivity index (χ0n) is 15.9. The maximum Gasteiger partial charge on any atom is 0.129 e. The molecule has 0 unspecified atom stereocenters. The van der Waals surface area contributed by atoms with Gasteiger partial charge in [-0.1, -0.05) is 30.3 Å². The molecule has 0 amide bonds. The zero-order chi connectivity index (χ0) is 18.6. The number of methoxy groups -OCH3 is 1.